The second-order valence-electron chi connectivity index (χ2n) is 5.65. The number of amides is 1. The minimum Gasteiger partial charge on any atom is -0.480 e. The molecule has 1 aromatic carbocycles. The molecule has 114 valence electrons. The molecule has 0 aromatic heterocycles. The molecule has 0 radical (unpaired) electrons. The lowest BCUT2D eigenvalue weighted by atomic mass is 10.0. The summed E-state index contributed by atoms with van der Waals surface area (Å²) in [6.07, 6.45) is 2.17. The average Bonchev–Trinajstić information content (AvgIpc) is 2.48. The molecule has 0 aliphatic carbocycles. The smallest absolute Gasteiger partial charge is 0.325 e. The molecule has 2 N–H and O–H groups in total. The van der Waals surface area contributed by atoms with Gasteiger partial charge in [0.15, 0.2) is 0 Å². The Labute approximate surface area is 125 Å². The number of nitrogens with one attached hydrogen (secondary N) is 1. The molecule has 1 aliphatic heterocycles. The summed E-state index contributed by atoms with van der Waals surface area (Å²) in [7, 11) is 0. The molecule has 1 fully saturated rings. The average molecular weight is 290 g/mol. The Bertz CT molecular complexity index is 490. The van der Waals surface area contributed by atoms with Crippen molar-refractivity contribution in [1.82, 2.24) is 10.2 Å². The van der Waals surface area contributed by atoms with Crippen molar-refractivity contribution in [3.05, 3.63) is 35.9 Å². The van der Waals surface area contributed by atoms with Crippen LogP contribution in [0.1, 0.15) is 31.4 Å². The van der Waals surface area contributed by atoms with Gasteiger partial charge in [-0.05, 0) is 24.3 Å². The summed E-state index contributed by atoms with van der Waals surface area (Å²) in [5.41, 5.74) is 0.657. The largest absolute Gasteiger partial charge is 0.480 e. The van der Waals surface area contributed by atoms with Crippen molar-refractivity contribution in [1.29, 1.82) is 0 Å². The van der Waals surface area contributed by atoms with Crippen molar-refractivity contribution < 1.29 is 14.7 Å². The zero-order valence-corrected chi connectivity index (χ0v) is 12.3. The van der Waals surface area contributed by atoms with Crippen molar-refractivity contribution in [3.8, 4) is 0 Å². The number of carbonyl (C=O) groups is 2. The Morgan fingerprint density at radius 3 is 2.71 bits per heavy atom. The number of aliphatic carboxylic acids is 1. The lowest BCUT2D eigenvalue weighted by molar-refractivity contribution is -0.140. The minimum absolute atomic E-state index is 0.0243. The summed E-state index contributed by atoms with van der Waals surface area (Å²) in [6, 6.07) is 8.07. The first-order valence-electron chi connectivity index (χ1n) is 7.37. The van der Waals surface area contributed by atoms with Gasteiger partial charge >= 0.3 is 5.97 Å². The van der Waals surface area contributed by atoms with E-state index in [4.69, 9.17) is 0 Å². The normalized spacial score (nSPS) is 20.0. The van der Waals surface area contributed by atoms with Crippen LogP contribution in [-0.4, -0.2) is 41.5 Å². The molecule has 1 saturated heterocycles. The van der Waals surface area contributed by atoms with E-state index in [2.05, 4.69) is 12.2 Å². The van der Waals surface area contributed by atoms with Gasteiger partial charge < -0.3 is 10.0 Å². The summed E-state index contributed by atoms with van der Waals surface area (Å²) < 4.78 is 0. The summed E-state index contributed by atoms with van der Waals surface area (Å²) in [4.78, 5) is 25.4. The van der Waals surface area contributed by atoms with Gasteiger partial charge in [-0.2, -0.15) is 0 Å². The third kappa shape index (κ3) is 4.29. The molecular formula is C16H22N2O3. The fraction of sp³-hybridized carbons (Fsp3) is 0.500. The fourth-order valence-corrected chi connectivity index (χ4v) is 2.71. The predicted molar refractivity (Wildman–Crippen MR) is 79.8 cm³/mol. The number of carboxylic acid groups (broad SMARTS) is 1. The van der Waals surface area contributed by atoms with E-state index in [0.29, 0.717) is 11.5 Å². The number of carboxylic acids is 1. The maximum atomic E-state index is 12.2. The van der Waals surface area contributed by atoms with Gasteiger partial charge in [-0.15, -0.1) is 0 Å². The molecule has 0 saturated carbocycles. The van der Waals surface area contributed by atoms with Crippen LogP contribution in [0.4, 0.5) is 0 Å². The number of likely N-dealkylation sites (tertiary alicyclic amines) is 1. The fourth-order valence-electron chi connectivity index (χ4n) is 2.71. The van der Waals surface area contributed by atoms with Gasteiger partial charge in [-0.3, -0.25) is 14.9 Å². The van der Waals surface area contributed by atoms with Crippen molar-refractivity contribution in [2.75, 3.05) is 19.6 Å². The van der Waals surface area contributed by atoms with Gasteiger partial charge in [0.05, 0.1) is 6.54 Å². The van der Waals surface area contributed by atoms with Crippen LogP contribution in [0.2, 0.25) is 0 Å². The standard InChI is InChI=1S/C16H22N2O3/c1-12-6-5-9-18(11-12)14(19)10-17-15(16(20)21)13-7-3-2-4-8-13/h2-4,7-8,12,15,17H,5-6,9-11H2,1H3,(H,20,21). The number of piperidine rings is 1. The number of hydrogen-bond acceptors (Lipinski definition) is 3. The molecule has 5 heteroatoms. The zero-order chi connectivity index (χ0) is 15.2. The lowest BCUT2D eigenvalue weighted by Gasteiger charge is -2.31. The molecule has 1 aliphatic rings. The Morgan fingerprint density at radius 2 is 2.10 bits per heavy atom. The van der Waals surface area contributed by atoms with Crippen LogP contribution in [0.15, 0.2) is 30.3 Å². The first kappa shape index (κ1) is 15.5. The number of benzene rings is 1. The van der Waals surface area contributed by atoms with E-state index in [1.165, 1.54) is 0 Å². The summed E-state index contributed by atoms with van der Waals surface area (Å²) in [6.45, 7) is 3.73. The number of hydrogen-bond donors (Lipinski definition) is 2. The van der Waals surface area contributed by atoms with Crippen LogP contribution >= 0.6 is 0 Å². The summed E-state index contributed by atoms with van der Waals surface area (Å²) in [5, 5.41) is 12.2. The van der Waals surface area contributed by atoms with E-state index < -0.39 is 12.0 Å². The first-order chi connectivity index (χ1) is 10.1. The molecule has 5 nitrogen and oxygen atoms in total. The molecule has 0 spiro atoms. The van der Waals surface area contributed by atoms with Gasteiger partial charge in [0.1, 0.15) is 6.04 Å². The Morgan fingerprint density at radius 1 is 1.38 bits per heavy atom. The van der Waals surface area contributed by atoms with Crippen molar-refractivity contribution in [3.63, 3.8) is 0 Å². The number of rotatable bonds is 5. The van der Waals surface area contributed by atoms with Crippen LogP contribution in [0, 0.1) is 5.92 Å². The van der Waals surface area contributed by atoms with E-state index in [0.717, 1.165) is 25.9 Å². The Hall–Kier alpha value is -1.88. The van der Waals surface area contributed by atoms with Gasteiger partial charge in [0.2, 0.25) is 5.91 Å². The monoisotopic (exact) mass is 290 g/mol. The van der Waals surface area contributed by atoms with Crippen LogP contribution in [0.3, 0.4) is 0 Å². The van der Waals surface area contributed by atoms with E-state index in [9.17, 15) is 14.7 Å². The SMILES string of the molecule is CC1CCCN(C(=O)CNC(C(=O)O)c2ccccc2)C1. The molecule has 1 aromatic rings. The molecule has 2 unspecified atom stereocenters. The van der Waals surface area contributed by atoms with Crippen molar-refractivity contribution in [2.45, 2.75) is 25.8 Å². The summed E-state index contributed by atoms with van der Waals surface area (Å²) >= 11 is 0. The van der Waals surface area contributed by atoms with Crippen molar-refractivity contribution in [2.24, 2.45) is 5.92 Å². The maximum Gasteiger partial charge on any atom is 0.325 e. The topological polar surface area (TPSA) is 69.6 Å². The molecule has 2 atom stereocenters. The van der Waals surface area contributed by atoms with Gasteiger partial charge in [0, 0.05) is 13.1 Å². The number of carbonyl (C=O) groups excluding carboxylic acids is 1. The second kappa shape index (κ2) is 7.22. The van der Waals surface area contributed by atoms with E-state index in [1.54, 1.807) is 24.3 Å². The number of nitrogens with zero attached hydrogens (tertiary/aromatic N) is 1. The quantitative estimate of drug-likeness (QED) is 0.865. The minimum atomic E-state index is -0.971. The molecule has 2 rings (SSSR count). The maximum absolute atomic E-state index is 12.2. The Balaban J connectivity index is 1.93. The zero-order valence-electron chi connectivity index (χ0n) is 12.3. The van der Waals surface area contributed by atoms with Crippen LogP contribution in [0.5, 0.6) is 0 Å². The summed E-state index contributed by atoms with van der Waals surface area (Å²) in [5.74, 6) is -0.475. The van der Waals surface area contributed by atoms with Crippen LogP contribution in [0.25, 0.3) is 0 Å². The molecule has 21 heavy (non-hydrogen) atoms. The Kier molecular flexibility index (Phi) is 5.33. The third-order valence-corrected chi connectivity index (χ3v) is 3.85. The highest BCUT2D eigenvalue weighted by Crippen LogP contribution is 2.16. The van der Waals surface area contributed by atoms with E-state index in [-0.39, 0.29) is 12.5 Å². The first-order valence-corrected chi connectivity index (χ1v) is 7.37. The van der Waals surface area contributed by atoms with Gasteiger partial charge in [-0.25, -0.2) is 0 Å². The second-order valence-corrected chi connectivity index (χ2v) is 5.65. The van der Waals surface area contributed by atoms with Gasteiger partial charge in [-0.1, -0.05) is 37.3 Å². The highest BCUT2D eigenvalue weighted by Gasteiger charge is 2.24. The molecule has 1 amide bonds. The van der Waals surface area contributed by atoms with Crippen LogP contribution in [-0.2, 0) is 9.59 Å². The highest BCUT2D eigenvalue weighted by molar-refractivity contribution is 5.80. The van der Waals surface area contributed by atoms with Crippen molar-refractivity contribution >= 4 is 11.9 Å². The van der Waals surface area contributed by atoms with E-state index in [1.807, 2.05) is 11.0 Å². The lowest BCUT2D eigenvalue weighted by Crippen LogP contribution is -2.45. The molecular weight excluding hydrogens is 268 g/mol. The molecule has 1 heterocycles. The van der Waals surface area contributed by atoms with E-state index >= 15 is 0 Å². The molecule has 0 bridgehead atoms. The predicted octanol–water partition coefficient (Wildman–Crippen LogP) is 1.66. The van der Waals surface area contributed by atoms with Crippen LogP contribution < -0.4 is 5.32 Å². The van der Waals surface area contributed by atoms with Gasteiger partial charge in [0.25, 0.3) is 0 Å². The highest BCUT2D eigenvalue weighted by atomic mass is 16.4. The third-order valence-electron chi connectivity index (χ3n) is 3.85.